The molecular formula is C9H12N4. The van der Waals surface area contributed by atoms with Crippen LogP contribution >= 0.6 is 0 Å². The summed E-state index contributed by atoms with van der Waals surface area (Å²) in [4.78, 5) is 0. The Balaban J connectivity index is 2.75. The van der Waals surface area contributed by atoms with Crippen LogP contribution in [0.5, 0.6) is 0 Å². The highest BCUT2D eigenvalue weighted by Gasteiger charge is 2.18. The Morgan fingerprint density at radius 1 is 1.31 bits per heavy atom. The van der Waals surface area contributed by atoms with Crippen molar-refractivity contribution in [3.8, 4) is 0 Å². The first-order chi connectivity index (χ1) is 6.09. The van der Waals surface area contributed by atoms with Gasteiger partial charge in [0.05, 0.1) is 0 Å². The van der Waals surface area contributed by atoms with Crippen LogP contribution in [0.15, 0.2) is 18.2 Å². The minimum absolute atomic E-state index is 0.379. The topological polar surface area (TPSA) is 67.6 Å². The number of aromatic nitrogens is 3. The summed E-state index contributed by atoms with van der Waals surface area (Å²) in [5.74, 6) is 0. The van der Waals surface area contributed by atoms with Crippen LogP contribution in [0, 0.1) is 0 Å². The molecule has 0 saturated carbocycles. The molecule has 0 aliphatic carbocycles. The van der Waals surface area contributed by atoms with Crippen LogP contribution in [0.2, 0.25) is 0 Å². The van der Waals surface area contributed by atoms with Crippen molar-refractivity contribution in [2.75, 3.05) is 0 Å². The molecule has 0 radical (unpaired) electrons. The quantitative estimate of drug-likeness (QED) is 0.685. The van der Waals surface area contributed by atoms with E-state index in [-0.39, 0.29) is 5.54 Å². The summed E-state index contributed by atoms with van der Waals surface area (Å²) in [5.41, 5.74) is 8.35. The lowest BCUT2D eigenvalue weighted by Crippen LogP contribution is -2.28. The lowest BCUT2D eigenvalue weighted by molar-refractivity contribution is 0.558. The van der Waals surface area contributed by atoms with Crippen molar-refractivity contribution in [1.82, 2.24) is 15.4 Å². The molecule has 0 atom stereocenters. The molecule has 68 valence electrons. The third kappa shape index (κ3) is 1.29. The van der Waals surface area contributed by atoms with Gasteiger partial charge < -0.3 is 5.73 Å². The standard InChI is InChI=1S/C9H12N4/c1-9(2,10)6-4-3-5-7-8(6)12-13-11-7/h3-5H,10H2,1-2H3,(H,11,12,13). The summed E-state index contributed by atoms with van der Waals surface area (Å²) in [6, 6.07) is 5.83. The number of rotatable bonds is 1. The van der Waals surface area contributed by atoms with E-state index in [1.54, 1.807) is 0 Å². The molecule has 0 spiro atoms. The fraction of sp³-hybridized carbons (Fsp3) is 0.333. The molecule has 1 aromatic heterocycles. The highest BCUT2D eigenvalue weighted by molar-refractivity contribution is 5.78. The average Bonchev–Trinajstić information content (AvgIpc) is 2.48. The maximum absolute atomic E-state index is 6.00. The number of H-pyrrole nitrogens is 1. The van der Waals surface area contributed by atoms with Crippen LogP contribution in [0.4, 0.5) is 0 Å². The molecule has 0 fully saturated rings. The number of nitrogens with one attached hydrogen (secondary N) is 1. The Kier molecular flexibility index (Phi) is 1.60. The van der Waals surface area contributed by atoms with Gasteiger partial charge in [-0.1, -0.05) is 12.1 Å². The number of fused-ring (bicyclic) bond motifs is 1. The van der Waals surface area contributed by atoms with Gasteiger partial charge in [0.25, 0.3) is 0 Å². The predicted octanol–water partition coefficient (Wildman–Crippen LogP) is 1.15. The highest BCUT2D eigenvalue weighted by Crippen LogP contribution is 2.23. The van der Waals surface area contributed by atoms with Gasteiger partial charge in [-0.15, -0.1) is 0 Å². The van der Waals surface area contributed by atoms with E-state index in [9.17, 15) is 0 Å². The van der Waals surface area contributed by atoms with Crippen molar-refractivity contribution in [2.45, 2.75) is 19.4 Å². The minimum atomic E-state index is -0.379. The number of para-hydroxylation sites is 1. The fourth-order valence-corrected chi connectivity index (χ4v) is 1.39. The zero-order valence-corrected chi connectivity index (χ0v) is 7.70. The van der Waals surface area contributed by atoms with E-state index in [4.69, 9.17) is 5.73 Å². The number of hydrogen-bond acceptors (Lipinski definition) is 3. The minimum Gasteiger partial charge on any atom is -0.322 e. The van der Waals surface area contributed by atoms with Crippen LogP contribution in [0.1, 0.15) is 19.4 Å². The second kappa shape index (κ2) is 2.53. The molecule has 0 aliphatic heterocycles. The molecule has 1 heterocycles. The van der Waals surface area contributed by atoms with Gasteiger partial charge in [0.1, 0.15) is 11.0 Å². The van der Waals surface area contributed by atoms with Crippen LogP contribution in [0.25, 0.3) is 11.0 Å². The van der Waals surface area contributed by atoms with Gasteiger partial charge in [-0.05, 0) is 19.9 Å². The van der Waals surface area contributed by atoms with Crippen LogP contribution in [-0.4, -0.2) is 15.4 Å². The predicted molar refractivity (Wildman–Crippen MR) is 51.1 cm³/mol. The summed E-state index contributed by atoms with van der Waals surface area (Å²) in [6.07, 6.45) is 0. The third-order valence-corrected chi connectivity index (χ3v) is 2.04. The molecule has 0 aliphatic rings. The largest absolute Gasteiger partial charge is 0.322 e. The SMILES string of the molecule is CC(C)(N)c1cccc2n[nH]nc12. The van der Waals surface area contributed by atoms with Crippen molar-refractivity contribution in [2.24, 2.45) is 5.73 Å². The van der Waals surface area contributed by atoms with E-state index in [1.165, 1.54) is 0 Å². The molecule has 0 unspecified atom stereocenters. The Hall–Kier alpha value is -1.42. The fourth-order valence-electron chi connectivity index (χ4n) is 1.39. The second-order valence-electron chi connectivity index (χ2n) is 3.72. The van der Waals surface area contributed by atoms with Gasteiger partial charge in [0, 0.05) is 11.1 Å². The Morgan fingerprint density at radius 3 is 2.77 bits per heavy atom. The van der Waals surface area contributed by atoms with Crippen molar-refractivity contribution < 1.29 is 0 Å². The van der Waals surface area contributed by atoms with E-state index in [1.807, 2.05) is 32.0 Å². The molecule has 0 saturated heterocycles. The molecule has 3 N–H and O–H groups in total. The normalized spacial score (nSPS) is 12.2. The first-order valence-corrected chi connectivity index (χ1v) is 4.18. The molecule has 4 heteroatoms. The molecule has 0 amide bonds. The van der Waals surface area contributed by atoms with Crippen molar-refractivity contribution in [3.63, 3.8) is 0 Å². The van der Waals surface area contributed by atoms with E-state index in [0.717, 1.165) is 16.6 Å². The van der Waals surface area contributed by atoms with Crippen molar-refractivity contribution in [3.05, 3.63) is 23.8 Å². The molecular weight excluding hydrogens is 164 g/mol. The smallest absolute Gasteiger partial charge is 0.117 e. The molecule has 1 aromatic carbocycles. The summed E-state index contributed by atoms with van der Waals surface area (Å²) >= 11 is 0. The maximum Gasteiger partial charge on any atom is 0.117 e. The maximum atomic E-state index is 6.00. The number of aromatic amines is 1. The molecule has 0 bridgehead atoms. The van der Waals surface area contributed by atoms with Crippen molar-refractivity contribution in [1.29, 1.82) is 0 Å². The summed E-state index contributed by atoms with van der Waals surface area (Å²) < 4.78 is 0. The van der Waals surface area contributed by atoms with E-state index in [2.05, 4.69) is 15.4 Å². The van der Waals surface area contributed by atoms with Gasteiger partial charge in [0.2, 0.25) is 0 Å². The van der Waals surface area contributed by atoms with Gasteiger partial charge in [-0.3, -0.25) is 0 Å². The van der Waals surface area contributed by atoms with Crippen LogP contribution < -0.4 is 5.73 Å². The van der Waals surface area contributed by atoms with Gasteiger partial charge in [0.15, 0.2) is 0 Å². The zero-order chi connectivity index (χ0) is 9.47. The Labute approximate surface area is 76.1 Å². The monoisotopic (exact) mass is 176 g/mol. The van der Waals surface area contributed by atoms with Crippen molar-refractivity contribution >= 4 is 11.0 Å². The first-order valence-electron chi connectivity index (χ1n) is 4.18. The molecule has 2 aromatic rings. The first kappa shape index (κ1) is 8.19. The van der Waals surface area contributed by atoms with Crippen LogP contribution in [0.3, 0.4) is 0 Å². The van der Waals surface area contributed by atoms with Gasteiger partial charge >= 0.3 is 0 Å². The van der Waals surface area contributed by atoms with Gasteiger partial charge in [-0.25, -0.2) is 0 Å². The summed E-state index contributed by atoms with van der Waals surface area (Å²) in [7, 11) is 0. The number of nitrogens with two attached hydrogens (primary N) is 1. The Morgan fingerprint density at radius 2 is 2.08 bits per heavy atom. The molecule has 2 rings (SSSR count). The van der Waals surface area contributed by atoms with E-state index < -0.39 is 0 Å². The number of benzene rings is 1. The molecule has 4 nitrogen and oxygen atoms in total. The summed E-state index contributed by atoms with van der Waals surface area (Å²) in [5, 5.41) is 10.7. The van der Waals surface area contributed by atoms with Gasteiger partial charge in [-0.2, -0.15) is 15.4 Å². The van der Waals surface area contributed by atoms with Crippen LogP contribution in [-0.2, 0) is 5.54 Å². The highest BCUT2D eigenvalue weighted by atomic mass is 15.3. The van der Waals surface area contributed by atoms with E-state index >= 15 is 0 Å². The molecule has 13 heavy (non-hydrogen) atoms. The number of hydrogen-bond donors (Lipinski definition) is 2. The third-order valence-electron chi connectivity index (χ3n) is 2.04. The van der Waals surface area contributed by atoms with E-state index in [0.29, 0.717) is 0 Å². The summed E-state index contributed by atoms with van der Waals surface area (Å²) in [6.45, 7) is 3.91. The Bertz CT molecular complexity index is 424. The lowest BCUT2D eigenvalue weighted by Gasteiger charge is -2.18. The second-order valence-corrected chi connectivity index (χ2v) is 3.72. The number of nitrogens with zero attached hydrogens (tertiary/aromatic N) is 2. The lowest BCUT2D eigenvalue weighted by atomic mass is 9.94. The zero-order valence-electron chi connectivity index (χ0n) is 7.70. The average molecular weight is 176 g/mol.